The van der Waals surface area contributed by atoms with Gasteiger partial charge in [-0.05, 0) is 67.7 Å². The van der Waals surface area contributed by atoms with Crippen molar-refractivity contribution in [2.75, 3.05) is 13.1 Å². The monoisotopic (exact) mass is 257 g/mol. The van der Waals surface area contributed by atoms with Gasteiger partial charge in [0, 0.05) is 0 Å². The Labute approximate surface area is 117 Å². The van der Waals surface area contributed by atoms with E-state index in [1.807, 2.05) is 0 Å². The highest BCUT2D eigenvalue weighted by Crippen LogP contribution is 2.36. The Hall–Kier alpha value is -0.820. The van der Waals surface area contributed by atoms with E-state index < -0.39 is 0 Å². The lowest BCUT2D eigenvalue weighted by Gasteiger charge is -2.27. The SMILES string of the molecule is CC1CCC(c2ccc(C3CCNCC3)cc2)CC1. The van der Waals surface area contributed by atoms with Crippen molar-refractivity contribution < 1.29 is 0 Å². The van der Waals surface area contributed by atoms with Crippen molar-refractivity contribution in [3.05, 3.63) is 35.4 Å². The van der Waals surface area contributed by atoms with Crippen molar-refractivity contribution in [1.82, 2.24) is 5.32 Å². The molecule has 1 saturated heterocycles. The van der Waals surface area contributed by atoms with Crippen molar-refractivity contribution in [3.63, 3.8) is 0 Å². The van der Waals surface area contributed by atoms with Crippen LogP contribution in [-0.2, 0) is 0 Å². The fourth-order valence-electron chi connectivity index (χ4n) is 3.79. The minimum atomic E-state index is 0.793. The topological polar surface area (TPSA) is 12.0 Å². The van der Waals surface area contributed by atoms with Gasteiger partial charge in [-0.15, -0.1) is 0 Å². The standard InChI is InChI=1S/C18H27N/c1-14-2-4-15(5-3-14)16-6-8-17(9-7-16)18-10-12-19-13-11-18/h6-9,14-15,18-19H,2-5,10-13H2,1H3. The van der Waals surface area contributed by atoms with Gasteiger partial charge >= 0.3 is 0 Å². The second kappa shape index (κ2) is 6.09. The summed E-state index contributed by atoms with van der Waals surface area (Å²) in [6.07, 6.45) is 8.24. The van der Waals surface area contributed by atoms with Gasteiger partial charge in [0.05, 0.1) is 0 Å². The molecular formula is C18H27N. The van der Waals surface area contributed by atoms with Crippen molar-refractivity contribution in [2.45, 2.75) is 57.3 Å². The summed E-state index contributed by atoms with van der Waals surface area (Å²) in [4.78, 5) is 0. The fourth-order valence-corrected chi connectivity index (χ4v) is 3.79. The summed E-state index contributed by atoms with van der Waals surface area (Å²) in [6.45, 7) is 4.77. The highest BCUT2D eigenvalue weighted by atomic mass is 14.9. The molecule has 3 rings (SSSR count). The summed E-state index contributed by atoms with van der Waals surface area (Å²) in [5.74, 6) is 2.57. The normalized spacial score (nSPS) is 29.3. The number of hydrogen-bond acceptors (Lipinski definition) is 1. The van der Waals surface area contributed by atoms with Crippen molar-refractivity contribution in [2.24, 2.45) is 5.92 Å². The van der Waals surface area contributed by atoms with E-state index in [9.17, 15) is 0 Å². The zero-order chi connectivity index (χ0) is 13.1. The number of piperidine rings is 1. The largest absolute Gasteiger partial charge is 0.317 e. The van der Waals surface area contributed by atoms with Gasteiger partial charge in [0.15, 0.2) is 0 Å². The number of rotatable bonds is 2. The van der Waals surface area contributed by atoms with E-state index in [0.717, 1.165) is 17.8 Å². The summed E-state index contributed by atoms with van der Waals surface area (Å²) in [6, 6.07) is 9.64. The van der Waals surface area contributed by atoms with Crippen LogP contribution >= 0.6 is 0 Å². The molecule has 1 nitrogen and oxygen atoms in total. The quantitative estimate of drug-likeness (QED) is 0.825. The molecule has 0 bridgehead atoms. The lowest BCUT2D eigenvalue weighted by atomic mass is 9.79. The molecule has 1 N–H and O–H groups in total. The molecule has 0 atom stereocenters. The average molecular weight is 257 g/mol. The lowest BCUT2D eigenvalue weighted by Crippen LogP contribution is -2.26. The predicted octanol–water partition coefficient (Wildman–Crippen LogP) is 4.45. The van der Waals surface area contributed by atoms with Gasteiger partial charge in [-0.25, -0.2) is 0 Å². The molecule has 19 heavy (non-hydrogen) atoms. The third kappa shape index (κ3) is 3.20. The second-order valence-corrected chi connectivity index (χ2v) is 6.65. The minimum absolute atomic E-state index is 0.793. The van der Waals surface area contributed by atoms with E-state index in [2.05, 4.69) is 36.5 Å². The van der Waals surface area contributed by atoms with E-state index in [0.29, 0.717) is 0 Å². The van der Waals surface area contributed by atoms with Gasteiger partial charge in [-0.2, -0.15) is 0 Å². The number of hydrogen-bond donors (Lipinski definition) is 1. The molecule has 104 valence electrons. The third-order valence-electron chi connectivity index (χ3n) is 5.23. The van der Waals surface area contributed by atoms with Crippen LogP contribution in [0.1, 0.15) is 68.4 Å². The molecule has 0 aromatic heterocycles. The molecule has 1 heteroatoms. The molecule has 0 unspecified atom stereocenters. The first-order valence-corrected chi connectivity index (χ1v) is 8.13. The Kier molecular flexibility index (Phi) is 4.22. The summed E-state index contributed by atoms with van der Waals surface area (Å²) >= 11 is 0. The molecule has 1 saturated carbocycles. The van der Waals surface area contributed by atoms with Crippen LogP contribution in [0.4, 0.5) is 0 Å². The molecule has 0 spiro atoms. The highest BCUT2D eigenvalue weighted by Gasteiger charge is 2.20. The highest BCUT2D eigenvalue weighted by molar-refractivity contribution is 5.28. The average Bonchev–Trinajstić information content (AvgIpc) is 2.49. The van der Waals surface area contributed by atoms with Gasteiger partial charge in [0.2, 0.25) is 0 Å². The fraction of sp³-hybridized carbons (Fsp3) is 0.667. The second-order valence-electron chi connectivity index (χ2n) is 6.65. The number of nitrogens with one attached hydrogen (secondary N) is 1. The maximum Gasteiger partial charge on any atom is -0.00431 e. The van der Waals surface area contributed by atoms with Gasteiger partial charge < -0.3 is 5.32 Å². The van der Waals surface area contributed by atoms with Crippen LogP contribution in [0.25, 0.3) is 0 Å². The molecular weight excluding hydrogens is 230 g/mol. The summed E-state index contributed by atoms with van der Waals surface area (Å²) in [7, 11) is 0. The smallest absolute Gasteiger partial charge is 0.00431 e. The van der Waals surface area contributed by atoms with Gasteiger partial charge in [0.25, 0.3) is 0 Å². The van der Waals surface area contributed by atoms with E-state index >= 15 is 0 Å². The lowest BCUT2D eigenvalue weighted by molar-refractivity contribution is 0.348. The van der Waals surface area contributed by atoms with Crippen LogP contribution in [0.15, 0.2) is 24.3 Å². The zero-order valence-electron chi connectivity index (χ0n) is 12.2. The van der Waals surface area contributed by atoms with Gasteiger partial charge in [0.1, 0.15) is 0 Å². The van der Waals surface area contributed by atoms with E-state index in [4.69, 9.17) is 0 Å². The predicted molar refractivity (Wildman–Crippen MR) is 81.7 cm³/mol. The van der Waals surface area contributed by atoms with Crippen molar-refractivity contribution >= 4 is 0 Å². The van der Waals surface area contributed by atoms with E-state index in [1.165, 1.54) is 51.6 Å². The van der Waals surface area contributed by atoms with Crippen LogP contribution in [0.3, 0.4) is 0 Å². The zero-order valence-corrected chi connectivity index (χ0v) is 12.2. The van der Waals surface area contributed by atoms with Gasteiger partial charge in [-0.3, -0.25) is 0 Å². The van der Waals surface area contributed by atoms with E-state index in [1.54, 1.807) is 11.1 Å². The summed E-state index contributed by atoms with van der Waals surface area (Å²) in [5, 5.41) is 3.45. The first kappa shape index (κ1) is 13.2. The van der Waals surface area contributed by atoms with Gasteiger partial charge in [-0.1, -0.05) is 44.0 Å². The minimum Gasteiger partial charge on any atom is -0.317 e. The van der Waals surface area contributed by atoms with Crippen LogP contribution in [0.2, 0.25) is 0 Å². The molecule has 1 aromatic carbocycles. The molecule has 0 amide bonds. The van der Waals surface area contributed by atoms with Crippen LogP contribution < -0.4 is 5.32 Å². The number of benzene rings is 1. The molecule has 1 aliphatic carbocycles. The summed E-state index contributed by atoms with van der Waals surface area (Å²) in [5.41, 5.74) is 3.15. The first-order chi connectivity index (χ1) is 9.33. The van der Waals surface area contributed by atoms with Crippen molar-refractivity contribution in [3.8, 4) is 0 Å². The molecule has 2 aliphatic rings. The third-order valence-corrected chi connectivity index (χ3v) is 5.23. The molecule has 1 aromatic rings. The Morgan fingerprint density at radius 2 is 1.21 bits per heavy atom. The summed E-state index contributed by atoms with van der Waals surface area (Å²) < 4.78 is 0. The van der Waals surface area contributed by atoms with Crippen molar-refractivity contribution in [1.29, 1.82) is 0 Å². The molecule has 1 heterocycles. The molecule has 2 fully saturated rings. The first-order valence-electron chi connectivity index (χ1n) is 8.13. The van der Waals surface area contributed by atoms with Crippen LogP contribution in [0.5, 0.6) is 0 Å². The Morgan fingerprint density at radius 3 is 1.74 bits per heavy atom. The molecule has 1 aliphatic heterocycles. The Balaban J connectivity index is 1.65. The maximum absolute atomic E-state index is 3.45. The van der Waals surface area contributed by atoms with Crippen LogP contribution in [-0.4, -0.2) is 13.1 Å². The van der Waals surface area contributed by atoms with Crippen LogP contribution in [0, 0.1) is 5.92 Å². The Bertz CT molecular complexity index is 381. The maximum atomic E-state index is 3.45. The Morgan fingerprint density at radius 1 is 0.737 bits per heavy atom. The van der Waals surface area contributed by atoms with E-state index in [-0.39, 0.29) is 0 Å². The molecule has 0 radical (unpaired) electrons.